The topological polar surface area (TPSA) is 21.3 Å². The highest BCUT2D eigenvalue weighted by atomic mass is 16.5. The van der Waals surface area contributed by atoms with Gasteiger partial charge in [-0.2, -0.15) is 0 Å². The van der Waals surface area contributed by atoms with Gasteiger partial charge in [0, 0.05) is 19.3 Å². The largest absolute Gasteiger partial charge is 0.381 e. The van der Waals surface area contributed by atoms with Crippen LogP contribution in [0.1, 0.15) is 72.1 Å². The highest BCUT2D eigenvalue weighted by Crippen LogP contribution is 2.44. The van der Waals surface area contributed by atoms with Crippen molar-refractivity contribution in [2.24, 2.45) is 17.3 Å². The Morgan fingerprint density at radius 2 is 1.90 bits per heavy atom. The van der Waals surface area contributed by atoms with Crippen LogP contribution < -0.4 is 5.32 Å². The van der Waals surface area contributed by atoms with E-state index in [-0.39, 0.29) is 0 Å². The van der Waals surface area contributed by atoms with E-state index in [1.807, 2.05) is 0 Å². The van der Waals surface area contributed by atoms with Crippen molar-refractivity contribution in [2.75, 3.05) is 19.8 Å². The van der Waals surface area contributed by atoms with E-state index >= 15 is 0 Å². The molecule has 0 amide bonds. The van der Waals surface area contributed by atoms with E-state index in [0.29, 0.717) is 5.41 Å². The van der Waals surface area contributed by atoms with Crippen LogP contribution in [0.3, 0.4) is 0 Å². The van der Waals surface area contributed by atoms with Crippen molar-refractivity contribution in [1.82, 2.24) is 5.32 Å². The Labute approximate surface area is 126 Å². The standard InChI is InChI=1S/C18H35NO/c1-4-11-19-17(14-15-8-12-20-13-9-15)16-7-5-6-10-18(16,2)3/h15-17,19H,4-14H2,1-3H3. The van der Waals surface area contributed by atoms with Gasteiger partial charge in [0.1, 0.15) is 0 Å². The van der Waals surface area contributed by atoms with E-state index < -0.39 is 0 Å². The van der Waals surface area contributed by atoms with E-state index in [0.717, 1.165) is 31.1 Å². The van der Waals surface area contributed by atoms with Gasteiger partial charge in [0.15, 0.2) is 0 Å². The van der Waals surface area contributed by atoms with Crippen molar-refractivity contribution >= 4 is 0 Å². The van der Waals surface area contributed by atoms with Crippen LogP contribution in [0, 0.1) is 17.3 Å². The zero-order chi connectivity index (χ0) is 14.4. The van der Waals surface area contributed by atoms with Crippen molar-refractivity contribution in [2.45, 2.75) is 78.2 Å². The molecule has 2 nitrogen and oxygen atoms in total. The van der Waals surface area contributed by atoms with Gasteiger partial charge in [-0.3, -0.25) is 0 Å². The van der Waals surface area contributed by atoms with E-state index in [9.17, 15) is 0 Å². The fourth-order valence-corrected chi connectivity index (χ4v) is 4.33. The first-order valence-corrected chi connectivity index (χ1v) is 8.94. The lowest BCUT2D eigenvalue weighted by Gasteiger charge is -2.45. The molecule has 20 heavy (non-hydrogen) atoms. The van der Waals surface area contributed by atoms with Gasteiger partial charge in [-0.25, -0.2) is 0 Å². The molecular weight excluding hydrogens is 246 g/mol. The van der Waals surface area contributed by atoms with E-state index in [2.05, 4.69) is 26.1 Å². The molecule has 0 aromatic rings. The molecule has 2 fully saturated rings. The first-order valence-electron chi connectivity index (χ1n) is 8.94. The van der Waals surface area contributed by atoms with Crippen LogP contribution in [0.4, 0.5) is 0 Å². The van der Waals surface area contributed by atoms with Crippen molar-refractivity contribution in [1.29, 1.82) is 0 Å². The normalized spacial score (nSPS) is 29.2. The molecule has 0 aromatic heterocycles. The van der Waals surface area contributed by atoms with Gasteiger partial charge in [0.05, 0.1) is 0 Å². The first-order chi connectivity index (χ1) is 9.63. The van der Waals surface area contributed by atoms with Gasteiger partial charge in [-0.15, -0.1) is 0 Å². The third-order valence-corrected chi connectivity index (χ3v) is 5.66. The Morgan fingerprint density at radius 3 is 2.55 bits per heavy atom. The van der Waals surface area contributed by atoms with E-state index in [1.165, 1.54) is 57.9 Å². The molecule has 1 N–H and O–H groups in total. The molecule has 1 saturated carbocycles. The number of hydrogen-bond donors (Lipinski definition) is 1. The van der Waals surface area contributed by atoms with Crippen molar-refractivity contribution < 1.29 is 4.74 Å². The van der Waals surface area contributed by atoms with Crippen LogP contribution >= 0.6 is 0 Å². The molecule has 2 atom stereocenters. The van der Waals surface area contributed by atoms with Gasteiger partial charge in [-0.1, -0.05) is 33.6 Å². The summed E-state index contributed by atoms with van der Waals surface area (Å²) in [6.07, 6.45) is 10.9. The summed E-state index contributed by atoms with van der Waals surface area (Å²) < 4.78 is 5.53. The molecule has 1 aliphatic carbocycles. The zero-order valence-corrected chi connectivity index (χ0v) is 13.9. The van der Waals surface area contributed by atoms with Crippen molar-refractivity contribution in [3.8, 4) is 0 Å². The number of rotatable bonds is 6. The molecule has 0 bridgehead atoms. The third kappa shape index (κ3) is 4.46. The molecule has 1 heterocycles. The second-order valence-electron chi connectivity index (χ2n) is 7.69. The first kappa shape index (κ1) is 16.3. The predicted octanol–water partition coefficient (Wildman–Crippen LogP) is 4.39. The predicted molar refractivity (Wildman–Crippen MR) is 86.0 cm³/mol. The summed E-state index contributed by atoms with van der Waals surface area (Å²) in [5, 5.41) is 3.90. The molecule has 2 aliphatic rings. The second-order valence-corrected chi connectivity index (χ2v) is 7.69. The fraction of sp³-hybridized carbons (Fsp3) is 1.00. The molecular formula is C18H35NO. The molecule has 0 spiro atoms. The lowest BCUT2D eigenvalue weighted by molar-refractivity contribution is 0.0425. The van der Waals surface area contributed by atoms with E-state index in [1.54, 1.807) is 0 Å². The van der Waals surface area contributed by atoms with Crippen LogP contribution in [0.5, 0.6) is 0 Å². The summed E-state index contributed by atoms with van der Waals surface area (Å²) in [7, 11) is 0. The lowest BCUT2D eigenvalue weighted by Crippen LogP contribution is -2.46. The maximum Gasteiger partial charge on any atom is 0.0468 e. The minimum absolute atomic E-state index is 0.523. The second kappa shape index (κ2) is 7.79. The van der Waals surface area contributed by atoms with Gasteiger partial charge in [-0.05, 0) is 62.3 Å². The van der Waals surface area contributed by atoms with Crippen LogP contribution in [0.25, 0.3) is 0 Å². The van der Waals surface area contributed by atoms with Gasteiger partial charge < -0.3 is 10.1 Å². The Kier molecular flexibility index (Phi) is 6.35. The summed E-state index contributed by atoms with van der Waals surface area (Å²) in [5.41, 5.74) is 0.523. The maximum atomic E-state index is 5.53. The summed E-state index contributed by atoms with van der Waals surface area (Å²) in [6, 6.07) is 0.730. The third-order valence-electron chi connectivity index (χ3n) is 5.66. The molecule has 0 radical (unpaired) electrons. The Balaban J connectivity index is 1.97. The summed E-state index contributed by atoms with van der Waals surface area (Å²) in [5.74, 6) is 1.75. The summed E-state index contributed by atoms with van der Waals surface area (Å²) in [6.45, 7) is 10.4. The molecule has 1 aliphatic heterocycles. The number of ether oxygens (including phenoxy) is 1. The summed E-state index contributed by atoms with van der Waals surface area (Å²) in [4.78, 5) is 0. The van der Waals surface area contributed by atoms with Gasteiger partial charge in [0.2, 0.25) is 0 Å². The minimum Gasteiger partial charge on any atom is -0.381 e. The lowest BCUT2D eigenvalue weighted by atomic mass is 9.64. The molecule has 1 saturated heterocycles. The van der Waals surface area contributed by atoms with Crippen molar-refractivity contribution in [3.05, 3.63) is 0 Å². The van der Waals surface area contributed by atoms with Gasteiger partial charge in [0.25, 0.3) is 0 Å². The smallest absolute Gasteiger partial charge is 0.0468 e. The van der Waals surface area contributed by atoms with Crippen LogP contribution in [-0.2, 0) is 4.74 Å². The SMILES string of the molecule is CCCNC(CC1CCOCC1)C1CCCCC1(C)C. The maximum absolute atomic E-state index is 5.53. The highest BCUT2D eigenvalue weighted by molar-refractivity contribution is 4.91. The summed E-state index contributed by atoms with van der Waals surface area (Å²) >= 11 is 0. The number of hydrogen-bond acceptors (Lipinski definition) is 2. The monoisotopic (exact) mass is 281 g/mol. The van der Waals surface area contributed by atoms with Crippen molar-refractivity contribution in [3.63, 3.8) is 0 Å². The van der Waals surface area contributed by atoms with Crippen LogP contribution in [0.15, 0.2) is 0 Å². The zero-order valence-electron chi connectivity index (χ0n) is 13.9. The molecule has 2 rings (SSSR count). The minimum atomic E-state index is 0.523. The fourth-order valence-electron chi connectivity index (χ4n) is 4.33. The Bertz CT molecular complexity index is 271. The molecule has 0 aromatic carbocycles. The van der Waals surface area contributed by atoms with Gasteiger partial charge >= 0.3 is 0 Å². The number of nitrogens with one attached hydrogen (secondary N) is 1. The quantitative estimate of drug-likeness (QED) is 0.779. The Hall–Kier alpha value is -0.0800. The van der Waals surface area contributed by atoms with Crippen LogP contribution in [-0.4, -0.2) is 25.8 Å². The Morgan fingerprint density at radius 1 is 1.15 bits per heavy atom. The van der Waals surface area contributed by atoms with Crippen LogP contribution in [0.2, 0.25) is 0 Å². The van der Waals surface area contributed by atoms with E-state index in [4.69, 9.17) is 4.74 Å². The average Bonchev–Trinajstić information content (AvgIpc) is 2.44. The average molecular weight is 281 g/mol. The molecule has 2 unspecified atom stereocenters. The molecule has 118 valence electrons. The molecule has 2 heteroatoms. The highest BCUT2D eigenvalue weighted by Gasteiger charge is 2.38.